The van der Waals surface area contributed by atoms with Crippen molar-refractivity contribution in [3.8, 4) is 5.75 Å². The summed E-state index contributed by atoms with van der Waals surface area (Å²) in [5.74, 6) is 0.313. The molecule has 7 heteroatoms. The summed E-state index contributed by atoms with van der Waals surface area (Å²) in [5, 5.41) is 2.87. The summed E-state index contributed by atoms with van der Waals surface area (Å²) in [6.45, 7) is 5.93. The molecule has 1 N–H and O–H groups in total. The molecule has 3 aromatic rings. The minimum Gasteiger partial charge on any atom is -0.495 e. The number of rotatable bonds is 7. The highest BCUT2D eigenvalue weighted by Crippen LogP contribution is 2.27. The van der Waals surface area contributed by atoms with Crippen molar-refractivity contribution in [1.29, 1.82) is 0 Å². The highest BCUT2D eigenvalue weighted by molar-refractivity contribution is 7.92. The number of benzene rings is 3. The van der Waals surface area contributed by atoms with Crippen LogP contribution in [0.5, 0.6) is 5.75 Å². The van der Waals surface area contributed by atoms with E-state index in [1.54, 1.807) is 37.4 Å². The van der Waals surface area contributed by atoms with Crippen LogP contribution in [0.2, 0.25) is 0 Å². The molecule has 0 saturated carbocycles. The predicted molar refractivity (Wildman–Crippen MR) is 129 cm³/mol. The van der Waals surface area contributed by atoms with Crippen molar-refractivity contribution < 1.29 is 17.9 Å². The van der Waals surface area contributed by atoms with Crippen molar-refractivity contribution in [1.82, 2.24) is 0 Å². The molecular formula is C25H28N2O4S. The summed E-state index contributed by atoms with van der Waals surface area (Å²) in [6.07, 6.45) is 1.20. The second-order valence-corrected chi connectivity index (χ2v) is 9.82. The predicted octanol–water partition coefficient (Wildman–Crippen LogP) is 4.84. The number of hydrogen-bond acceptors (Lipinski definition) is 4. The highest BCUT2D eigenvalue weighted by Gasteiger charge is 2.20. The first-order valence-electron chi connectivity index (χ1n) is 10.2. The number of anilines is 2. The molecule has 0 bridgehead atoms. The number of carbonyl (C=O) groups excluding carboxylic acids is 1. The first-order valence-corrected chi connectivity index (χ1v) is 12.0. The van der Waals surface area contributed by atoms with E-state index in [0.29, 0.717) is 22.7 Å². The largest absolute Gasteiger partial charge is 0.495 e. The molecule has 0 aliphatic carbocycles. The number of sulfonamides is 1. The Morgan fingerprint density at radius 2 is 1.56 bits per heavy atom. The van der Waals surface area contributed by atoms with E-state index in [4.69, 9.17) is 4.74 Å². The molecule has 0 aromatic heterocycles. The molecule has 0 aliphatic heterocycles. The van der Waals surface area contributed by atoms with Gasteiger partial charge in [0.05, 0.1) is 31.3 Å². The standard InChI is InChI=1S/C25H28N2O4S/c1-17-7-13-24(31-4)22(14-17)26-25(28)21-11-9-20(10-12-21)16-27(32(5,29)30)23-15-18(2)6-8-19(23)3/h6-15H,16H2,1-5H3,(H,26,28). The maximum Gasteiger partial charge on any atom is 0.255 e. The quantitative estimate of drug-likeness (QED) is 0.557. The molecule has 1 amide bonds. The highest BCUT2D eigenvalue weighted by atomic mass is 32.2. The summed E-state index contributed by atoms with van der Waals surface area (Å²) >= 11 is 0. The third-order valence-electron chi connectivity index (χ3n) is 5.18. The van der Waals surface area contributed by atoms with E-state index in [1.165, 1.54) is 10.6 Å². The van der Waals surface area contributed by atoms with Gasteiger partial charge in [-0.15, -0.1) is 0 Å². The van der Waals surface area contributed by atoms with Gasteiger partial charge >= 0.3 is 0 Å². The normalized spacial score (nSPS) is 11.2. The Morgan fingerprint density at radius 1 is 0.938 bits per heavy atom. The number of nitrogens with zero attached hydrogens (tertiary/aromatic N) is 1. The second-order valence-electron chi connectivity index (χ2n) is 7.91. The van der Waals surface area contributed by atoms with Crippen LogP contribution in [-0.2, 0) is 16.6 Å². The lowest BCUT2D eigenvalue weighted by atomic mass is 10.1. The molecular weight excluding hydrogens is 424 g/mol. The number of hydrogen-bond donors (Lipinski definition) is 1. The van der Waals surface area contributed by atoms with Crippen LogP contribution in [0.3, 0.4) is 0 Å². The van der Waals surface area contributed by atoms with Gasteiger partial charge in [0.25, 0.3) is 5.91 Å². The van der Waals surface area contributed by atoms with E-state index in [9.17, 15) is 13.2 Å². The number of ether oxygens (including phenoxy) is 1. The van der Waals surface area contributed by atoms with E-state index < -0.39 is 10.0 Å². The van der Waals surface area contributed by atoms with Crippen molar-refractivity contribution in [3.05, 3.63) is 88.5 Å². The number of nitrogens with one attached hydrogen (secondary N) is 1. The number of carbonyl (C=O) groups is 1. The van der Waals surface area contributed by atoms with E-state index in [1.807, 2.05) is 51.1 Å². The van der Waals surface area contributed by atoms with Crippen molar-refractivity contribution in [2.45, 2.75) is 27.3 Å². The molecule has 0 aliphatic rings. The lowest BCUT2D eigenvalue weighted by Crippen LogP contribution is -2.30. The van der Waals surface area contributed by atoms with Gasteiger partial charge in [0.15, 0.2) is 0 Å². The lowest BCUT2D eigenvalue weighted by Gasteiger charge is -2.25. The van der Waals surface area contributed by atoms with Crippen LogP contribution >= 0.6 is 0 Å². The molecule has 0 spiro atoms. The van der Waals surface area contributed by atoms with Crippen LogP contribution in [0.15, 0.2) is 60.7 Å². The van der Waals surface area contributed by atoms with Gasteiger partial charge in [-0.3, -0.25) is 9.10 Å². The zero-order valence-electron chi connectivity index (χ0n) is 19.0. The van der Waals surface area contributed by atoms with Crippen molar-refractivity contribution in [2.24, 2.45) is 0 Å². The minimum atomic E-state index is -3.49. The van der Waals surface area contributed by atoms with Gasteiger partial charge in [0, 0.05) is 5.56 Å². The Hall–Kier alpha value is -3.32. The number of aryl methyl sites for hydroxylation is 3. The van der Waals surface area contributed by atoms with Crippen molar-refractivity contribution in [3.63, 3.8) is 0 Å². The molecule has 0 atom stereocenters. The van der Waals surface area contributed by atoms with Gasteiger partial charge in [-0.05, 0) is 73.4 Å². The van der Waals surface area contributed by atoms with Crippen LogP contribution in [0.1, 0.15) is 32.6 Å². The van der Waals surface area contributed by atoms with Gasteiger partial charge in [-0.1, -0.05) is 30.3 Å². The van der Waals surface area contributed by atoms with E-state index in [0.717, 1.165) is 22.3 Å². The summed E-state index contributed by atoms with van der Waals surface area (Å²) < 4.78 is 31.7. The Labute approximate surface area is 189 Å². The van der Waals surface area contributed by atoms with Crippen molar-refractivity contribution in [2.75, 3.05) is 23.0 Å². The fraction of sp³-hybridized carbons (Fsp3) is 0.240. The van der Waals surface area contributed by atoms with Crippen LogP contribution < -0.4 is 14.4 Å². The maximum atomic E-state index is 12.7. The van der Waals surface area contributed by atoms with Crippen LogP contribution in [0.4, 0.5) is 11.4 Å². The maximum absolute atomic E-state index is 12.7. The Balaban J connectivity index is 1.82. The third kappa shape index (κ3) is 5.48. The monoisotopic (exact) mass is 452 g/mol. The molecule has 32 heavy (non-hydrogen) atoms. The second kappa shape index (κ2) is 9.44. The average Bonchev–Trinajstić information content (AvgIpc) is 2.73. The van der Waals surface area contributed by atoms with E-state index in [-0.39, 0.29) is 12.5 Å². The summed E-state index contributed by atoms with van der Waals surface area (Å²) in [6, 6.07) is 18.2. The molecule has 0 saturated heterocycles. The van der Waals surface area contributed by atoms with Crippen LogP contribution in [-0.4, -0.2) is 27.7 Å². The van der Waals surface area contributed by atoms with Crippen LogP contribution in [0, 0.1) is 20.8 Å². The van der Waals surface area contributed by atoms with Gasteiger partial charge < -0.3 is 10.1 Å². The average molecular weight is 453 g/mol. The molecule has 0 heterocycles. The zero-order chi connectivity index (χ0) is 23.5. The SMILES string of the molecule is COc1ccc(C)cc1NC(=O)c1ccc(CN(c2cc(C)ccc2C)S(C)(=O)=O)cc1. The fourth-order valence-corrected chi connectivity index (χ4v) is 4.35. The fourth-order valence-electron chi connectivity index (χ4n) is 3.41. The third-order valence-corrected chi connectivity index (χ3v) is 6.31. The summed E-state index contributed by atoms with van der Waals surface area (Å²) in [4.78, 5) is 12.7. The number of amides is 1. The molecule has 168 valence electrons. The Morgan fingerprint density at radius 3 is 2.19 bits per heavy atom. The summed E-state index contributed by atoms with van der Waals surface area (Å²) in [5.41, 5.74) is 5.36. The first kappa shape index (κ1) is 23.3. The molecule has 0 fully saturated rings. The Kier molecular flexibility index (Phi) is 6.89. The smallest absolute Gasteiger partial charge is 0.255 e. The molecule has 0 radical (unpaired) electrons. The Bertz CT molecular complexity index is 1240. The van der Waals surface area contributed by atoms with Crippen LogP contribution in [0.25, 0.3) is 0 Å². The van der Waals surface area contributed by atoms with Gasteiger partial charge in [0.2, 0.25) is 10.0 Å². The van der Waals surface area contributed by atoms with Gasteiger partial charge in [-0.25, -0.2) is 8.42 Å². The molecule has 6 nitrogen and oxygen atoms in total. The first-order chi connectivity index (χ1) is 15.1. The lowest BCUT2D eigenvalue weighted by molar-refractivity contribution is 0.102. The topological polar surface area (TPSA) is 75.7 Å². The molecule has 3 rings (SSSR count). The molecule has 3 aromatic carbocycles. The van der Waals surface area contributed by atoms with Gasteiger partial charge in [-0.2, -0.15) is 0 Å². The van der Waals surface area contributed by atoms with Crippen molar-refractivity contribution >= 4 is 27.3 Å². The van der Waals surface area contributed by atoms with E-state index in [2.05, 4.69) is 5.32 Å². The van der Waals surface area contributed by atoms with Gasteiger partial charge in [0.1, 0.15) is 5.75 Å². The summed E-state index contributed by atoms with van der Waals surface area (Å²) in [7, 11) is -1.94. The molecule has 0 unspecified atom stereocenters. The van der Waals surface area contributed by atoms with E-state index >= 15 is 0 Å². The number of methoxy groups -OCH3 is 1. The minimum absolute atomic E-state index is 0.177. The zero-order valence-corrected chi connectivity index (χ0v) is 19.8.